The van der Waals surface area contributed by atoms with Crippen molar-refractivity contribution in [2.24, 2.45) is 0 Å². The van der Waals surface area contributed by atoms with Gasteiger partial charge in [-0.1, -0.05) is 60.7 Å². The molecule has 0 aliphatic heterocycles. The van der Waals surface area contributed by atoms with Crippen LogP contribution in [0, 0.1) is 0 Å². The Morgan fingerprint density at radius 3 is 2.79 bits per heavy atom. The SMILES string of the molecule is CCNCc1nnc(-c2cccc3ccccc23)s1. The van der Waals surface area contributed by atoms with Crippen LogP contribution in [0.3, 0.4) is 0 Å². The van der Waals surface area contributed by atoms with Gasteiger partial charge in [-0.25, -0.2) is 0 Å². The molecule has 96 valence electrons. The van der Waals surface area contributed by atoms with Crippen molar-refractivity contribution in [2.75, 3.05) is 6.54 Å². The first-order valence-electron chi connectivity index (χ1n) is 6.39. The third-order valence-corrected chi connectivity index (χ3v) is 3.97. The Bertz CT molecular complexity index is 685. The quantitative estimate of drug-likeness (QED) is 0.788. The van der Waals surface area contributed by atoms with Crippen LogP contribution in [-0.4, -0.2) is 16.7 Å². The van der Waals surface area contributed by atoms with Crippen LogP contribution in [0.15, 0.2) is 42.5 Å². The van der Waals surface area contributed by atoms with Gasteiger partial charge < -0.3 is 5.32 Å². The van der Waals surface area contributed by atoms with Gasteiger partial charge in [0.15, 0.2) is 0 Å². The molecule has 3 nitrogen and oxygen atoms in total. The summed E-state index contributed by atoms with van der Waals surface area (Å²) in [7, 11) is 0. The van der Waals surface area contributed by atoms with Gasteiger partial charge in [0, 0.05) is 12.1 Å². The second-order valence-electron chi connectivity index (χ2n) is 4.31. The van der Waals surface area contributed by atoms with Crippen LogP contribution in [-0.2, 0) is 6.54 Å². The molecule has 0 spiro atoms. The predicted octanol–water partition coefficient (Wildman–Crippen LogP) is 3.47. The van der Waals surface area contributed by atoms with Gasteiger partial charge in [0.1, 0.15) is 10.0 Å². The van der Waals surface area contributed by atoms with E-state index < -0.39 is 0 Å². The van der Waals surface area contributed by atoms with Gasteiger partial charge in [0.05, 0.1) is 0 Å². The highest BCUT2D eigenvalue weighted by Gasteiger charge is 2.09. The minimum absolute atomic E-state index is 0.791. The number of aromatic nitrogens is 2. The lowest BCUT2D eigenvalue weighted by Gasteiger charge is -2.02. The van der Waals surface area contributed by atoms with Crippen molar-refractivity contribution >= 4 is 22.1 Å². The van der Waals surface area contributed by atoms with E-state index in [1.807, 2.05) is 0 Å². The number of hydrogen-bond donors (Lipinski definition) is 1. The number of hydrogen-bond acceptors (Lipinski definition) is 4. The van der Waals surface area contributed by atoms with E-state index in [-0.39, 0.29) is 0 Å². The molecule has 0 amide bonds. The van der Waals surface area contributed by atoms with Crippen LogP contribution >= 0.6 is 11.3 Å². The molecule has 19 heavy (non-hydrogen) atoms. The summed E-state index contributed by atoms with van der Waals surface area (Å²) in [6, 6.07) is 14.7. The number of benzene rings is 2. The molecule has 0 fully saturated rings. The molecular weight excluding hydrogens is 254 g/mol. The van der Waals surface area contributed by atoms with E-state index in [2.05, 4.69) is 64.9 Å². The molecule has 0 saturated carbocycles. The van der Waals surface area contributed by atoms with E-state index in [1.54, 1.807) is 11.3 Å². The van der Waals surface area contributed by atoms with Gasteiger partial charge in [0.25, 0.3) is 0 Å². The first kappa shape index (κ1) is 12.3. The van der Waals surface area contributed by atoms with E-state index in [0.29, 0.717) is 0 Å². The molecule has 3 rings (SSSR count). The largest absolute Gasteiger partial charge is 0.311 e. The van der Waals surface area contributed by atoms with Gasteiger partial charge in [-0.3, -0.25) is 0 Å². The van der Waals surface area contributed by atoms with Crippen LogP contribution in [0.25, 0.3) is 21.3 Å². The maximum absolute atomic E-state index is 4.32. The Kier molecular flexibility index (Phi) is 3.53. The molecular formula is C15H15N3S. The summed E-state index contributed by atoms with van der Waals surface area (Å²) < 4.78 is 0. The maximum Gasteiger partial charge on any atom is 0.148 e. The minimum Gasteiger partial charge on any atom is -0.311 e. The number of fused-ring (bicyclic) bond motifs is 1. The zero-order valence-electron chi connectivity index (χ0n) is 10.8. The monoisotopic (exact) mass is 269 g/mol. The van der Waals surface area contributed by atoms with Gasteiger partial charge >= 0.3 is 0 Å². The molecule has 0 bridgehead atoms. The van der Waals surface area contributed by atoms with Gasteiger partial charge in [0.2, 0.25) is 0 Å². The lowest BCUT2D eigenvalue weighted by atomic mass is 10.1. The summed E-state index contributed by atoms with van der Waals surface area (Å²) in [6.07, 6.45) is 0. The summed E-state index contributed by atoms with van der Waals surface area (Å²) in [5.74, 6) is 0. The summed E-state index contributed by atoms with van der Waals surface area (Å²) in [6.45, 7) is 3.83. The Morgan fingerprint density at radius 2 is 1.89 bits per heavy atom. The molecule has 3 aromatic rings. The number of rotatable bonds is 4. The third-order valence-electron chi connectivity index (χ3n) is 3.01. The highest BCUT2D eigenvalue weighted by Crippen LogP contribution is 2.30. The lowest BCUT2D eigenvalue weighted by Crippen LogP contribution is -2.11. The van der Waals surface area contributed by atoms with Crippen LogP contribution < -0.4 is 5.32 Å². The van der Waals surface area contributed by atoms with E-state index in [1.165, 1.54) is 16.3 Å². The molecule has 0 atom stereocenters. The van der Waals surface area contributed by atoms with Crippen LogP contribution in [0.1, 0.15) is 11.9 Å². The third kappa shape index (κ3) is 2.50. The Labute approximate surface area is 116 Å². The molecule has 0 saturated heterocycles. The first-order chi connectivity index (χ1) is 9.38. The zero-order chi connectivity index (χ0) is 13.1. The Balaban J connectivity index is 2.02. The zero-order valence-corrected chi connectivity index (χ0v) is 11.6. The van der Waals surface area contributed by atoms with Crippen LogP contribution in [0.2, 0.25) is 0 Å². The fourth-order valence-electron chi connectivity index (χ4n) is 2.08. The van der Waals surface area contributed by atoms with Crippen molar-refractivity contribution in [3.63, 3.8) is 0 Å². The van der Waals surface area contributed by atoms with Crippen molar-refractivity contribution in [1.29, 1.82) is 0 Å². The van der Waals surface area contributed by atoms with Crippen LogP contribution in [0.5, 0.6) is 0 Å². The first-order valence-corrected chi connectivity index (χ1v) is 7.21. The molecule has 1 heterocycles. The average molecular weight is 269 g/mol. The van der Waals surface area contributed by atoms with E-state index in [9.17, 15) is 0 Å². The molecule has 2 aromatic carbocycles. The molecule has 0 radical (unpaired) electrons. The highest BCUT2D eigenvalue weighted by atomic mass is 32.1. The van der Waals surface area contributed by atoms with Crippen molar-refractivity contribution < 1.29 is 0 Å². The average Bonchev–Trinajstić information content (AvgIpc) is 2.93. The summed E-state index contributed by atoms with van der Waals surface area (Å²) in [4.78, 5) is 0. The standard InChI is InChI=1S/C15H15N3S/c1-2-16-10-14-17-18-15(19-14)13-9-5-7-11-6-3-4-8-12(11)13/h3-9,16H,2,10H2,1H3. The maximum atomic E-state index is 4.32. The van der Waals surface area contributed by atoms with Crippen molar-refractivity contribution in [3.8, 4) is 10.6 Å². The fraction of sp³-hybridized carbons (Fsp3) is 0.200. The molecule has 1 N–H and O–H groups in total. The van der Waals surface area contributed by atoms with Crippen LogP contribution in [0.4, 0.5) is 0 Å². The highest BCUT2D eigenvalue weighted by molar-refractivity contribution is 7.14. The smallest absolute Gasteiger partial charge is 0.148 e. The Morgan fingerprint density at radius 1 is 1.05 bits per heavy atom. The number of nitrogens with zero attached hydrogens (tertiary/aromatic N) is 2. The second-order valence-corrected chi connectivity index (χ2v) is 5.37. The van der Waals surface area contributed by atoms with Gasteiger partial charge in [-0.05, 0) is 17.3 Å². The van der Waals surface area contributed by atoms with E-state index in [0.717, 1.165) is 23.1 Å². The second kappa shape index (κ2) is 5.47. The molecule has 0 unspecified atom stereocenters. The van der Waals surface area contributed by atoms with E-state index >= 15 is 0 Å². The van der Waals surface area contributed by atoms with E-state index in [4.69, 9.17) is 0 Å². The topological polar surface area (TPSA) is 37.8 Å². The normalized spacial score (nSPS) is 11.0. The summed E-state index contributed by atoms with van der Waals surface area (Å²) >= 11 is 1.66. The van der Waals surface area contributed by atoms with Crippen molar-refractivity contribution in [1.82, 2.24) is 15.5 Å². The minimum atomic E-state index is 0.791. The van der Waals surface area contributed by atoms with Crippen molar-refractivity contribution in [3.05, 3.63) is 47.5 Å². The lowest BCUT2D eigenvalue weighted by molar-refractivity contribution is 0.715. The molecule has 1 aromatic heterocycles. The fourth-order valence-corrected chi connectivity index (χ4v) is 2.93. The van der Waals surface area contributed by atoms with Gasteiger partial charge in [-0.15, -0.1) is 10.2 Å². The summed E-state index contributed by atoms with van der Waals surface area (Å²) in [5.41, 5.74) is 1.17. The van der Waals surface area contributed by atoms with Gasteiger partial charge in [-0.2, -0.15) is 0 Å². The molecule has 4 heteroatoms. The van der Waals surface area contributed by atoms with Crippen molar-refractivity contribution in [2.45, 2.75) is 13.5 Å². The molecule has 0 aliphatic carbocycles. The predicted molar refractivity (Wildman–Crippen MR) is 80.2 cm³/mol. The Hall–Kier alpha value is -1.78. The summed E-state index contributed by atoms with van der Waals surface area (Å²) in [5, 5.41) is 16.3. The number of nitrogens with one attached hydrogen (secondary N) is 1. The molecule has 0 aliphatic rings.